The number of hydrogen-bond acceptors (Lipinski definition) is 5. The molecule has 0 saturated carbocycles. The van der Waals surface area contributed by atoms with Gasteiger partial charge in [-0.15, -0.1) is 11.8 Å². The number of rotatable bonds is 8. The van der Waals surface area contributed by atoms with Crippen molar-refractivity contribution in [2.75, 3.05) is 13.2 Å². The Hall–Kier alpha value is -1.40. The lowest BCUT2D eigenvalue weighted by Crippen LogP contribution is -2.26. The van der Waals surface area contributed by atoms with Crippen LogP contribution in [0.15, 0.2) is 29.2 Å². The van der Waals surface area contributed by atoms with E-state index in [0.717, 1.165) is 11.2 Å². The molecule has 0 aliphatic heterocycles. The average Bonchev–Trinajstić information content (AvgIpc) is 2.42. The first-order valence-electron chi connectivity index (χ1n) is 6.97. The highest BCUT2D eigenvalue weighted by atomic mass is 32.2. The monoisotopic (exact) mass is 328 g/mol. The molecule has 1 rings (SSSR count). The van der Waals surface area contributed by atoms with Crippen LogP contribution in [0, 0.1) is 5.82 Å². The number of thioether (sulfide) groups is 1. The van der Waals surface area contributed by atoms with E-state index in [1.807, 2.05) is 0 Å². The molecule has 1 aromatic carbocycles. The van der Waals surface area contributed by atoms with Gasteiger partial charge in [-0.05, 0) is 51.5 Å². The molecule has 0 amide bonds. The summed E-state index contributed by atoms with van der Waals surface area (Å²) in [6.45, 7) is 5.49. The lowest BCUT2D eigenvalue weighted by molar-refractivity contribution is -0.160. The van der Waals surface area contributed by atoms with Crippen LogP contribution in [-0.4, -0.2) is 36.3 Å². The third-order valence-corrected chi connectivity index (χ3v) is 3.63. The fourth-order valence-electron chi connectivity index (χ4n) is 1.57. The molecule has 122 valence electrons. The average molecular weight is 328 g/mol. The van der Waals surface area contributed by atoms with Gasteiger partial charge in [0.05, 0.1) is 5.25 Å². The molecule has 0 aliphatic rings. The van der Waals surface area contributed by atoms with Gasteiger partial charge in [-0.1, -0.05) is 0 Å². The summed E-state index contributed by atoms with van der Waals surface area (Å²) >= 11 is 1.34. The van der Waals surface area contributed by atoms with E-state index in [1.54, 1.807) is 32.9 Å². The molecule has 0 N–H and O–H groups in total. The van der Waals surface area contributed by atoms with Gasteiger partial charge >= 0.3 is 5.97 Å². The van der Waals surface area contributed by atoms with Gasteiger partial charge in [-0.3, -0.25) is 0 Å². The Kier molecular flexibility index (Phi) is 7.55. The summed E-state index contributed by atoms with van der Waals surface area (Å²) in [4.78, 5) is 23.3. The summed E-state index contributed by atoms with van der Waals surface area (Å²) < 4.78 is 23.1. The Bertz CT molecular complexity index is 482. The molecule has 1 aromatic rings. The predicted octanol–water partition coefficient (Wildman–Crippen LogP) is 3.23. The zero-order valence-corrected chi connectivity index (χ0v) is 13.8. The molecule has 0 fully saturated rings. The highest BCUT2D eigenvalue weighted by Crippen LogP contribution is 2.24. The second-order valence-electron chi connectivity index (χ2n) is 5.67. The van der Waals surface area contributed by atoms with E-state index in [9.17, 15) is 14.0 Å². The van der Waals surface area contributed by atoms with Crippen LogP contribution in [0.3, 0.4) is 0 Å². The Morgan fingerprint density at radius 2 is 1.95 bits per heavy atom. The molecular weight excluding hydrogens is 307 g/mol. The molecule has 0 heterocycles. The summed E-state index contributed by atoms with van der Waals surface area (Å²) in [6.07, 6.45) is 1.29. The number of carbonyl (C=O) groups is 2. The number of halogens is 1. The lowest BCUT2D eigenvalue weighted by Gasteiger charge is -2.19. The molecule has 0 radical (unpaired) electrons. The minimum atomic E-state index is -0.537. The summed E-state index contributed by atoms with van der Waals surface area (Å²) in [6, 6.07) is 5.95. The molecular formula is C16H21FO4S. The van der Waals surface area contributed by atoms with Crippen molar-refractivity contribution in [3.05, 3.63) is 30.1 Å². The van der Waals surface area contributed by atoms with Gasteiger partial charge in [-0.2, -0.15) is 0 Å². The lowest BCUT2D eigenvalue weighted by atomic mass is 10.2. The molecule has 0 aromatic heterocycles. The van der Waals surface area contributed by atoms with Gasteiger partial charge in [0.2, 0.25) is 0 Å². The molecule has 22 heavy (non-hydrogen) atoms. The second-order valence-corrected chi connectivity index (χ2v) is 6.99. The number of carbonyl (C=O) groups excluding carboxylic acids is 2. The van der Waals surface area contributed by atoms with E-state index >= 15 is 0 Å². The highest BCUT2D eigenvalue weighted by Gasteiger charge is 2.16. The summed E-state index contributed by atoms with van der Waals surface area (Å²) in [5.41, 5.74) is -0.537. The number of hydrogen-bond donors (Lipinski definition) is 0. The molecule has 0 saturated heterocycles. The quantitative estimate of drug-likeness (QED) is 0.317. The Morgan fingerprint density at radius 1 is 1.32 bits per heavy atom. The third kappa shape index (κ3) is 8.14. The SMILES string of the molecule is CC(C)(C)OC(=O)COCCC(C=O)Sc1ccc(F)cc1. The van der Waals surface area contributed by atoms with Crippen LogP contribution in [0.25, 0.3) is 0 Å². The number of benzene rings is 1. The standard InChI is InChI=1S/C16H21FO4S/c1-16(2,3)21-15(19)11-20-9-8-14(10-18)22-13-6-4-12(17)5-7-13/h4-7,10,14H,8-9,11H2,1-3H3. The second kappa shape index (κ2) is 8.90. The van der Waals surface area contributed by atoms with Gasteiger partial charge in [0.25, 0.3) is 0 Å². The first-order chi connectivity index (χ1) is 10.3. The minimum Gasteiger partial charge on any atom is -0.458 e. The zero-order valence-electron chi connectivity index (χ0n) is 13.0. The van der Waals surface area contributed by atoms with Crippen molar-refractivity contribution in [3.8, 4) is 0 Å². The molecule has 0 bridgehead atoms. The van der Waals surface area contributed by atoms with Crippen molar-refractivity contribution in [1.82, 2.24) is 0 Å². The Balaban J connectivity index is 2.28. The van der Waals surface area contributed by atoms with Crippen LogP contribution >= 0.6 is 11.8 Å². The number of esters is 1. The maximum absolute atomic E-state index is 12.8. The van der Waals surface area contributed by atoms with Crippen molar-refractivity contribution in [3.63, 3.8) is 0 Å². The smallest absolute Gasteiger partial charge is 0.332 e. The van der Waals surface area contributed by atoms with E-state index in [0.29, 0.717) is 6.42 Å². The van der Waals surface area contributed by atoms with Crippen molar-refractivity contribution in [2.45, 2.75) is 42.9 Å². The van der Waals surface area contributed by atoms with Gasteiger partial charge in [0.15, 0.2) is 0 Å². The third-order valence-electron chi connectivity index (χ3n) is 2.44. The topological polar surface area (TPSA) is 52.6 Å². The van der Waals surface area contributed by atoms with Gasteiger partial charge in [0.1, 0.15) is 24.3 Å². The van der Waals surface area contributed by atoms with E-state index in [4.69, 9.17) is 9.47 Å². The minimum absolute atomic E-state index is 0.135. The molecule has 4 nitrogen and oxygen atoms in total. The van der Waals surface area contributed by atoms with Crippen LogP contribution in [0.1, 0.15) is 27.2 Å². The summed E-state index contributed by atoms with van der Waals surface area (Å²) in [7, 11) is 0. The largest absolute Gasteiger partial charge is 0.458 e. The van der Waals surface area contributed by atoms with Crippen LogP contribution < -0.4 is 0 Å². The molecule has 1 unspecified atom stereocenters. The predicted molar refractivity (Wildman–Crippen MR) is 83.4 cm³/mol. The van der Waals surface area contributed by atoms with Gasteiger partial charge in [-0.25, -0.2) is 9.18 Å². The van der Waals surface area contributed by atoms with Crippen molar-refractivity contribution in [1.29, 1.82) is 0 Å². The van der Waals surface area contributed by atoms with E-state index in [-0.39, 0.29) is 24.3 Å². The van der Waals surface area contributed by atoms with Crippen molar-refractivity contribution < 1.29 is 23.5 Å². The fraction of sp³-hybridized carbons (Fsp3) is 0.500. The van der Waals surface area contributed by atoms with E-state index < -0.39 is 11.6 Å². The van der Waals surface area contributed by atoms with Crippen LogP contribution in [0.4, 0.5) is 4.39 Å². The Morgan fingerprint density at radius 3 is 2.50 bits per heavy atom. The van der Waals surface area contributed by atoms with E-state index in [2.05, 4.69) is 0 Å². The van der Waals surface area contributed by atoms with Crippen molar-refractivity contribution >= 4 is 24.0 Å². The maximum atomic E-state index is 12.8. The van der Waals surface area contributed by atoms with Gasteiger partial charge < -0.3 is 14.3 Å². The Labute approximate surface area is 134 Å². The van der Waals surface area contributed by atoms with Crippen LogP contribution in [0.5, 0.6) is 0 Å². The maximum Gasteiger partial charge on any atom is 0.332 e. The molecule has 0 aliphatic carbocycles. The first kappa shape index (κ1) is 18.6. The fourth-order valence-corrected chi connectivity index (χ4v) is 2.48. The van der Waals surface area contributed by atoms with Crippen LogP contribution in [-0.2, 0) is 19.1 Å². The molecule has 1 atom stereocenters. The van der Waals surface area contributed by atoms with Crippen LogP contribution in [0.2, 0.25) is 0 Å². The van der Waals surface area contributed by atoms with Crippen molar-refractivity contribution in [2.24, 2.45) is 0 Å². The highest BCUT2D eigenvalue weighted by molar-refractivity contribution is 8.00. The molecule has 6 heteroatoms. The first-order valence-corrected chi connectivity index (χ1v) is 7.85. The summed E-state index contributed by atoms with van der Waals surface area (Å²) in [5.74, 6) is -0.742. The summed E-state index contributed by atoms with van der Waals surface area (Å²) in [5, 5.41) is -0.302. The number of aldehydes is 1. The zero-order chi connectivity index (χ0) is 16.6. The molecule has 0 spiro atoms. The normalized spacial score (nSPS) is 12.7. The van der Waals surface area contributed by atoms with Gasteiger partial charge in [0, 0.05) is 11.5 Å². The van der Waals surface area contributed by atoms with E-state index in [1.165, 1.54) is 23.9 Å². The number of ether oxygens (including phenoxy) is 2.